The molecule has 8 nitrogen and oxygen atoms in total. The van der Waals surface area contributed by atoms with E-state index in [0.717, 1.165) is 6.42 Å². The summed E-state index contributed by atoms with van der Waals surface area (Å²) in [4.78, 5) is 29.9. The van der Waals surface area contributed by atoms with Gasteiger partial charge in [0.05, 0.1) is 12.2 Å². The fraction of sp³-hybridized carbons (Fsp3) is 0.440. The van der Waals surface area contributed by atoms with Gasteiger partial charge in [0.2, 0.25) is 0 Å². The monoisotopic (exact) mass is 488 g/mol. The Bertz CT molecular complexity index is 1070. The van der Waals surface area contributed by atoms with Gasteiger partial charge in [-0.2, -0.15) is 5.26 Å². The SMILES string of the molecule is CC/C=C/C(C#N)=C(\C=C(/C)NC(=O)N1CCCc2cc(C(C)(F)F)c(C=O)nc21)OCCOC. The van der Waals surface area contributed by atoms with Crippen molar-refractivity contribution in [3.8, 4) is 6.07 Å². The first-order chi connectivity index (χ1) is 16.7. The Morgan fingerprint density at radius 1 is 1.40 bits per heavy atom. The Morgan fingerprint density at radius 2 is 2.14 bits per heavy atom. The molecule has 10 heteroatoms. The number of anilines is 1. The average molecular weight is 489 g/mol. The van der Waals surface area contributed by atoms with E-state index >= 15 is 0 Å². The highest BCUT2D eigenvalue weighted by molar-refractivity contribution is 5.94. The van der Waals surface area contributed by atoms with Crippen LogP contribution in [0.25, 0.3) is 0 Å². The van der Waals surface area contributed by atoms with E-state index in [1.807, 2.05) is 13.0 Å². The first-order valence-corrected chi connectivity index (χ1v) is 11.2. The molecule has 0 unspecified atom stereocenters. The van der Waals surface area contributed by atoms with Crippen LogP contribution in [0.5, 0.6) is 0 Å². The largest absolute Gasteiger partial charge is 0.490 e. The molecule has 0 fully saturated rings. The van der Waals surface area contributed by atoms with Crippen molar-refractivity contribution in [2.45, 2.75) is 46.0 Å². The Labute approximate surface area is 203 Å². The predicted molar refractivity (Wildman–Crippen MR) is 127 cm³/mol. The fourth-order valence-corrected chi connectivity index (χ4v) is 3.46. The minimum absolute atomic E-state index is 0.173. The maximum absolute atomic E-state index is 14.0. The van der Waals surface area contributed by atoms with Crippen LogP contribution in [0.15, 0.2) is 41.3 Å². The molecular weight excluding hydrogens is 458 g/mol. The molecule has 2 rings (SSSR count). The maximum atomic E-state index is 14.0. The van der Waals surface area contributed by atoms with Gasteiger partial charge in [0, 0.05) is 37.9 Å². The highest BCUT2D eigenvalue weighted by Crippen LogP contribution is 2.34. The number of hydrogen-bond acceptors (Lipinski definition) is 6. The number of alkyl halides is 2. The van der Waals surface area contributed by atoms with Crippen molar-refractivity contribution in [3.05, 3.63) is 58.1 Å². The number of ether oxygens (including phenoxy) is 2. The van der Waals surface area contributed by atoms with Crippen molar-refractivity contribution >= 4 is 18.1 Å². The summed E-state index contributed by atoms with van der Waals surface area (Å²) in [6.07, 6.45) is 6.98. The number of amides is 2. The van der Waals surface area contributed by atoms with Gasteiger partial charge in [-0.25, -0.2) is 18.6 Å². The van der Waals surface area contributed by atoms with E-state index in [1.54, 1.807) is 13.0 Å². The number of nitrogens with one attached hydrogen (secondary N) is 1. The third-order valence-corrected chi connectivity index (χ3v) is 5.12. The van der Waals surface area contributed by atoms with E-state index in [0.29, 0.717) is 44.2 Å². The van der Waals surface area contributed by atoms with Crippen LogP contribution in [0, 0.1) is 11.3 Å². The second-order valence-electron chi connectivity index (χ2n) is 7.96. The Morgan fingerprint density at radius 3 is 2.74 bits per heavy atom. The third-order valence-electron chi connectivity index (χ3n) is 5.12. The van der Waals surface area contributed by atoms with Crippen LogP contribution in [0.1, 0.15) is 55.2 Å². The number of halogens is 2. The number of hydrogen-bond donors (Lipinski definition) is 1. The Hall–Kier alpha value is -3.58. The number of pyridine rings is 1. The summed E-state index contributed by atoms with van der Waals surface area (Å²) in [7, 11) is 1.53. The number of fused-ring (bicyclic) bond motifs is 1. The topological polar surface area (TPSA) is 105 Å². The first kappa shape index (κ1) is 27.7. The van der Waals surface area contributed by atoms with Gasteiger partial charge < -0.3 is 14.8 Å². The van der Waals surface area contributed by atoms with Crippen LogP contribution in [-0.2, 0) is 21.8 Å². The van der Waals surface area contributed by atoms with E-state index in [4.69, 9.17) is 9.47 Å². The third kappa shape index (κ3) is 7.45. The molecule has 1 aromatic rings. The van der Waals surface area contributed by atoms with E-state index in [2.05, 4.69) is 16.4 Å². The van der Waals surface area contributed by atoms with Crippen molar-refractivity contribution in [2.75, 3.05) is 31.8 Å². The number of carbonyl (C=O) groups excluding carboxylic acids is 2. The van der Waals surface area contributed by atoms with Crippen molar-refractivity contribution in [2.24, 2.45) is 0 Å². The lowest BCUT2D eigenvalue weighted by molar-refractivity contribution is 0.0162. The summed E-state index contributed by atoms with van der Waals surface area (Å²) in [6, 6.07) is 2.79. The van der Waals surface area contributed by atoms with E-state index in [1.165, 1.54) is 24.2 Å². The Kier molecular flexibility index (Phi) is 10.1. The highest BCUT2D eigenvalue weighted by Gasteiger charge is 2.33. The highest BCUT2D eigenvalue weighted by atomic mass is 19.3. The summed E-state index contributed by atoms with van der Waals surface area (Å²) >= 11 is 0. The summed E-state index contributed by atoms with van der Waals surface area (Å²) < 4.78 is 38.6. The summed E-state index contributed by atoms with van der Waals surface area (Å²) in [5, 5.41) is 12.3. The summed E-state index contributed by atoms with van der Waals surface area (Å²) in [6.45, 7) is 5.09. The number of carbonyl (C=O) groups is 2. The van der Waals surface area contributed by atoms with Crippen molar-refractivity contribution in [3.63, 3.8) is 0 Å². The van der Waals surface area contributed by atoms with E-state index in [9.17, 15) is 23.6 Å². The molecule has 0 bridgehead atoms. The molecule has 0 aromatic carbocycles. The second-order valence-corrected chi connectivity index (χ2v) is 7.96. The molecule has 0 saturated carbocycles. The summed E-state index contributed by atoms with van der Waals surface area (Å²) in [5.74, 6) is -2.80. The van der Waals surface area contributed by atoms with E-state index < -0.39 is 23.2 Å². The number of rotatable bonds is 10. The smallest absolute Gasteiger partial charge is 0.327 e. The first-order valence-electron chi connectivity index (χ1n) is 11.2. The van der Waals surface area contributed by atoms with Crippen LogP contribution in [0.2, 0.25) is 0 Å². The lowest BCUT2D eigenvalue weighted by atomic mass is 9.99. The van der Waals surface area contributed by atoms with Gasteiger partial charge in [-0.05, 0) is 43.9 Å². The van der Waals surface area contributed by atoms with Crippen molar-refractivity contribution in [1.82, 2.24) is 10.3 Å². The molecular formula is C25H30F2N4O4. The van der Waals surface area contributed by atoms with Crippen LogP contribution in [0.3, 0.4) is 0 Å². The molecule has 2 heterocycles. The number of aryl methyl sites for hydroxylation is 1. The minimum atomic E-state index is -3.24. The van der Waals surface area contributed by atoms with E-state index in [-0.39, 0.29) is 30.0 Å². The molecule has 35 heavy (non-hydrogen) atoms. The van der Waals surface area contributed by atoms with Crippen LogP contribution < -0.4 is 10.2 Å². The van der Waals surface area contributed by atoms with Gasteiger partial charge in [-0.3, -0.25) is 9.69 Å². The van der Waals surface area contributed by atoms with Gasteiger partial charge in [-0.1, -0.05) is 13.0 Å². The second kappa shape index (κ2) is 12.8. The van der Waals surface area contributed by atoms with Gasteiger partial charge in [0.15, 0.2) is 6.29 Å². The van der Waals surface area contributed by atoms with Crippen LogP contribution in [0.4, 0.5) is 19.4 Å². The number of nitriles is 1. The van der Waals surface area contributed by atoms with Gasteiger partial charge in [-0.15, -0.1) is 0 Å². The molecule has 1 N–H and O–H groups in total. The number of aldehydes is 1. The standard InChI is InChI=1S/C25H30F2N4O4/c1-5-6-8-19(15-28)22(35-12-11-34-4)13-17(2)29-24(33)31-10-7-9-18-14-20(25(3,26)27)21(16-32)30-23(18)31/h6,8,13-14,16H,5,7,9-12H2,1-4H3,(H,29,33)/b8-6+,17-13+,22-19-. The minimum Gasteiger partial charge on any atom is -0.490 e. The van der Waals surface area contributed by atoms with Crippen LogP contribution >= 0.6 is 0 Å². The number of aromatic nitrogens is 1. The molecule has 1 aromatic heterocycles. The molecule has 0 spiro atoms. The zero-order chi connectivity index (χ0) is 26.0. The quantitative estimate of drug-likeness (QED) is 0.167. The zero-order valence-electron chi connectivity index (χ0n) is 20.4. The number of urea groups is 1. The molecule has 0 aliphatic carbocycles. The Balaban J connectivity index is 2.35. The number of methoxy groups -OCH3 is 1. The van der Waals surface area contributed by atoms with Gasteiger partial charge in [0.1, 0.15) is 29.9 Å². The normalized spacial score (nSPS) is 14.8. The molecule has 188 valence electrons. The zero-order valence-corrected chi connectivity index (χ0v) is 20.4. The maximum Gasteiger partial charge on any atom is 0.327 e. The lowest BCUT2D eigenvalue weighted by Gasteiger charge is -2.30. The van der Waals surface area contributed by atoms with Crippen molar-refractivity contribution < 1.29 is 27.8 Å². The molecule has 1 aliphatic heterocycles. The van der Waals surface area contributed by atoms with Crippen molar-refractivity contribution in [1.29, 1.82) is 5.26 Å². The van der Waals surface area contributed by atoms with Crippen LogP contribution in [-0.4, -0.2) is 44.2 Å². The summed E-state index contributed by atoms with van der Waals surface area (Å²) in [5.41, 5.74) is 0.276. The number of nitrogens with zero attached hydrogens (tertiary/aromatic N) is 3. The van der Waals surface area contributed by atoms with Gasteiger partial charge in [0.25, 0.3) is 5.92 Å². The molecule has 0 atom stereocenters. The number of allylic oxidation sites excluding steroid dienone is 5. The molecule has 0 saturated heterocycles. The van der Waals surface area contributed by atoms with Gasteiger partial charge >= 0.3 is 6.03 Å². The fourth-order valence-electron chi connectivity index (χ4n) is 3.46. The molecule has 1 aliphatic rings. The predicted octanol–water partition coefficient (Wildman–Crippen LogP) is 4.78. The molecule has 2 amide bonds. The molecule has 0 radical (unpaired) electrons. The lowest BCUT2D eigenvalue weighted by Crippen LogP contribution is -2.43. The average Bonchev–Trinajstić information content (AvgIpc) is 2.82.